The summed E-state index contributed by atoms with van der Waals surface area (Å²) in [5, 5.41) is 10.5. The number of cyclic esters (lactones) is 2. The summed E-state index contributed by atoms with van der Waals surface area (Å²) < 4.78 is 42.4. The van der Waals surface area contributed by atoms with Crippen LogP contribution in [0.15, 0.2) is 60.8 Å². The van der Waals surface area contributed by atoms with Gasteiger partial charge in [-0.05, 0) is 181 Å². The van der Waals surface area contributed by atoms with Gasteiger partial charge >= 0.3 is 41.8 Å². The Kier molecular flexibility index (Phi) is 18.6. The molecule has 9 saturated carbocycles. The van der Waals surface area contributed by atoms with E-state index >= 15 is 0 Å². The monoisotopic (exact) mass is 1090 g/mol. The van der Waals surface area contributed by atoms with Gasteiger partial charge in [0.25, 0.3) is 0 Å². The van der Waals surface area contributed by atoms with Crippen molar-refractivity contribution in [3.05, 3.63) is 60.8 Å². The summed E-state index contributed by atoms with van der Waals surface area (Å²) >= 11 is 0. The number of carbonyl (C=O) groups excluding carboxylic acids is 7. The molecule has 4 aliphatic heterocycles. The molecule has 0 amide bonds. The van der Waals surface area contributed by atoms with E-state index in [4.69, 9.17) is 33.2 Å². The minimum absolute atomic E-state index is 0.0145. The third-order valence-corrected chi connectivity index (χ3v) is 18.7. The Bertz CT molecular complexity index is 2350. The van der Waals surface area contributed by atoms with E-state index in [9.17, 15) is 38.7 Å². The maximum Gasteiger partial charge on any atom is 0.347 e. The van der Waals surface area contributed by atoms with Gasteiger partial charge in [0.15, 0.2) is 0 Å². The molecule has 4 heterocycles. The quantitative estimate of drug-likeness (QED) is 0.109. The van der Waals surface area contributed by atoms with Crippen LogP contribution in [0.3, 0.4) is 0 Å². The van der Waals surface area contributed by atoms with Crippen LogP contribution in [0.5, 0.6) is 0 Å². The zero-order chi connectivity index (χ0) is 57.3. The topological polar surface area (TPSA) is 214 Å². The van der Waals surface area contributed by atoms with Gasteiger partial charge in [-0.25, -0.2) is 28.8 Å². The van der Waals surface area contributed by atoms with Crippen molar-refractivity contribution in [3.8, 4) is 0 Å². The third-order valence-electron chi connectivity index (χ3n) is 18.7. The van der Waals surface area contributed by atoms with Crippen LogP contribution in [-0.2, 0) is 71.5 Å². The Balaban J connectivity index is 0.000000143. The highest BCUT2D eigenvalue weighted by Gasteiger charge is 2.63. The summed E-state index contributed by atoms with van der Waals surface area (Å²) in [5.41, 5.74) is 0.856. The molecule has 78 heavy (non-hydrogen) atoms. The molecule has 13 aliphatic rings. The number of rotatable bonds is 12. The van der Waals surface area contributed by atoms with Crippen molar-refractivity contribution < 1.29 is 76.6 Å². The Hall–Kier alpha value is -5.09. The third kappa shape index (κ3) is 13.7. The normalized spacial score (nSPS) is 35.9. The van der Waals surface area contributed by atoms with E-state index in [-0.39, 0.29) is 76.2 Å². The molecule has 16 nitrogen and oxygen atoms in total. The number of hydrogen-bond acceptors (Lipinski definition) is 16. The maximum absolute atomic E-state index is 11.9. The fraction of sp³-hybridized carbons (Fsp3) is 0.726. The van der Waals surface area contributed by atoms with Crippen LogP contribution in [-0.4, -0.2) is 107 Å². The van der Waals surface area contributed by atoms with Crippen molar-refractivity contribution in [1.82, 2.24) is 0 Å². The fourth-order valence-corrected chi connectivity index (χ4v) is 15.4. The summed E-state index contributed by atoms with van der Waals surface area (Å²) in [7, 11) is 0. The highest BCUT2D eigenvalue weighted by molar-refractivity contribution is 5.90. The maximum atomic E-state index is 11.9. The number of hydrogen-bond donors (Lipinski definition) is 1. The van der Waals surface area contributed by atoms with Gasteiger partial charge in [0.05, 0.1) is 30.8 Å². The minimum atomic E-state index is -0.728. The van der Waals surface area contributed by atoms with Crippen molar-refractivity contribution in [2.75, 3.05) is 13.2 Å². The molecule has 0 aromatic rings. The van der Waals surface area contributed by atoms with Gasteiger partial charge in [-0.1, -0.05) is 39.8 Å². The first kappa shape index (κ1) is 60.5. The van der Waals surface area contributed by atoms with Crippen LogP contribution in [0.25, 0.3) is 0 Å². The minimum Gasteiger partial charge on any atom is -0.465 e. The molecule has 0 spiro atoms. The Morgan fingerprint density at radius 3 is 1.60 bits per heavy atom. The van der Waals surface area contributed by atoms with E-state index < -0.39 is 35.2 Å². The van der Waals surface area contributed by atoms with E-state index in [1.165, 1.54) is 64.7 Å². The molecule has 9 aliphatic carbocycles. The average Bonchev–Trinajstić information content (AvgIpc) is 4.32. The van der Waals surface area contributed by atoms with E-state index in [0.29, 0.717) is 66.6 Å². The van der Waals surface area contributed by atoms with Gasteiger partial charge in [0.2, 0.25) is 6.10 Å². The Morgan fingerprint density at radius 1 is 0.628 bits per heavy atom. The average molecular weight is 1090 g/mol. The molecule has 8 atom stereocenters. The zero-order valence-electron chi connectivity index (χ0n) is 47.8. The van der Waals surface area contributed by atoms with Crippen LogP contribution in [0.4, 0.5) is 0 Å². The SMILES string of the molecule is C=C(C)C(=O)OC(C)(C)C12CC3CC(CC(C3)C1)C2.C=C(C)C(=O)OC1(CC)CCCC1.C=C(C)C(=O)OC12CC3CC(CC(O)(C3)C1)C2.C=C(C)C(=O)OC1CC2OC1C1C(=O)OCC21.C=C(C)C(=O)OC1CCOC1=O. The molecule has 1 N–H and O–H groups in total. The molecule has 16 heteroatoms. The van der Waals surface area contributed by atoms with Gasteiger partial charge in [-0.15, -0.1) is 0 Å². The summed E-state index contributed by atoms with van der Waals surface area (Å²) in [6.45, 7) is 33.2. The lowest BCUT2D eigenvalue weighted by atomic mass is 9.46. The van der Waals surface area contributed by atoms with Gasteiger partial charge < -0.3 is 43.0 Å². The van der Waals surface area contributed by atoms with Gasteiger partial charge in [-0.3, -0.25) is 4.79 Å². The molecule has 432 valence electrons. The summed E-state index contributed by atoms with van der Waals surface area (Å²) in [6.07, 6.45) is 18.5. The molecule has 0 radical (unpaired) electrons. The first-order valence-electron chi connectivity index (χ1n) is 28.6. The summed E-state index contributed by atoms with van der Waals surface area (Å²) in [6, 6.07) is 0. The lowest BCUT2D eigenvalue weighted by molar-refractivity contribution is -0.217. The molecule has 4 saturated heterocycles. The molecular weight excluding hydrogens is 1000 g/mol. The number of esters is 7. The van der Waals surface area contributed by atoms with Crippen molar-refractivity contribution in [1.29, 1.82) is 0 Å². The molecule has 13 rings (SSSR count). The molecule has 13 fully saturated rings. The largest absolute Gasteiger partial charge is 0.465 e. The second-order valence-electron chi connectivity index (χ2n) is 25.9. The first-order chi connectivity index (χ1) is 36.5. The van der Waals surface area contributed by atoms with Crippen LogP contribution < -0.4 is 0 Å². The summed E-state index contributed by atoms with van der Waals surface area (Å²) in [4.78, 5) is 79.7. The second-order valence-corrected chi connectivity index (χ2v) is 25.9. The van der Waals surface area contributed by atoms with E-state index in [0.717, 1.165) is 62.7 Å². The zero-order valence-corrected chi connectivity index (χ0v) is 47.8. The first-order valence-corrected chi connectivity index (χ1v) is 28.6. The number of fused-ring (bicyclic) bond motifs is 5. The number of carbonyl (C=O) groups is 7. The smallest absolute Gasteiger partial charge is 0.347 e. The van der Waals surface area contributed by atoms with Gasteiger partial charge in [0, 0.05) is 58.5 Å². The molecule has 10 bridgehead atoms. The van der Waals surface area contributed by atoms with Crippen LogP contribution in [0.1, 0.15) is 177 Å². The fourth-order valence-electron chi connectivity index (χ4n) is 15.4. The predicted octanol–water partition coefficient (Wildman–Crippen LogP) is 9.97. The predicted molar refractivity (Wildman–Crippen MR) is 287 cm³/mol. The highest BCUT2D eigenvalue weighted by atomic mass is 16.6. The molecule has 0 aromatic heterocycles. The van der Waals surface area contributed by atoms with E-state index in [2.05, 4.69) is 58.4 Å². The van der Waals surface area contributed by atoms with Gasteiger partial charge in [0.1, 0.15) is 29.0 Å². The van der Waals surface area contributed by atoms with E-state index in [1.54, 1.807) is 27.7 Å². The Morgan fingerprint density at radius 2 is 1.13 bits per heavy atom. The van der Waals surface area contributed by atoms with Crippen LogP contribution in [0, 0.1) is 46.8 Å². The molecule has 8 unspecified atom stereocenters. The molecular formula is C62H88O16. The van der Waals surface area contributed by atoms with E-state index in [1.807, 2.05) is 0 Å². The standard InChI is InChI=1S/C17H26O2.C14H20O3.C12H14O5.C11H18O2.C8H10O4/c1-11(2)15(18)19-16(3,4)17-8-12-5-13(9-17)7-14(6-12)10-17;1-9(2)12(15)17-14-6-10-3-11(7-14)5-13(16,4-10)8-14;1-5(2)11(13)17-8-3-7-6-4-15-12(14)9(6)10(8)16-7;1-4-11(7-5-6-8-11)13-10(12)9(2)3;1-5(2)7(9)12-6-3-4-11-8(6)10/h12-14H,1,5-10H2,2-4H3;10-11,16H,1,3-8H2,2H3;6-10H,1,3-4H2,2H3;2,4-8H2,1,3H3;6H,1,3-4H2,2H3. The Labute approximate surface area is 461 Å². The van der Waals surface area contributed by atoms with Crippen LogP contribution in [0.2, 0.25) is 0 Å². The number of aliphatic hydroxyl groups is 1. The van der Waals surface area contributed by atoms with Gasteiger partial charge in [-0.2, -0.15) is 0 Å². The number of ether oxygens (including phenoxy) is 8. The van der Waals surface area contributed by atoms with Crippen molar-refractivity contribution in [2.24, 2.45) is 46.8 Å². The highest BCUT2D eigenvalue weighted by Crippen LogP contribution is 2.64. The summed E-state index contributed by atoms with van der Waals surface area (Å²) in [5.74, 6) is 1.22. The van der Waals surface area contributed by atoms with Crippen molar-refractivity contribution in [2.45, 2.75) is 224 Å². The second kappa shape index (κ2) is 23.9. The molecule has 0 aromatic carbocycles. The van der Waals surface area contributed by atoms with Crippen molar-refractivity contribution >= 4 is 41.8 Å². The lowest BCUT2D eigenvalue weighted by Crippen LogP contribution is -2.60. The van der Waals surface area contributed by atoms with Crippen LogP contribution >= 0.6 is 0 Å². The van der Waals surface area contributed by atoms with Crippen molar-refractivity contribution in [3.63, 3.8) is 0 Å². The lowest BCUT2D eigenvalue weighted by Gasteiger charge is -2.61.